The van der Waals surface area contributed by atoms with Gasteiger partial charge in [-0.3, -0.25) is 0 Å². The molecular weight excluding hydrogens is 303 g/mol. The molecule has 1 fully saturated rings. The van der Waals surface area contributed by atoms with Gasteiger partial charge in [0.25, 0.3) is 0 Å². The highest BCUT2D eigenvalue weighted by Gasteiger charge is 2.31. The van der Waals surface area contributed by atoms with E-state index < -0.39 is 15.8 Å². The molecule has 0 aromatic heterocycles. The van der Waals surface area contributed by atoms with Crippen molar-refractivity contribution < 1.29 is 12.8 Å². The zero-order chi connectivity index (χ0) is 14.8. The van der Waals surface area contributed by atoms with E-state index in [-0.39, 0.29) is 10.8 Å². The highest BCUT2D eigenvalue weighted by Crippen LogP contribution is 2.23. The van der Waals surface area contributed by atoms with Crippen molar-refractivity contribution in [3.8, 4) is 0 Å². The van der Waals surface area contributed by atoms with Crippen molar-refractivity contribution >= 4 is 21.6 Å². The lowest BCUT2D eigenvalue weighted by Crippen LogP contribution is -2.31. The number of nitrogens with one attached hydrogen (secondary N) is 1. The van der Waals surface area contributed by atoms with Crippen molar-refractivity contribution in [2.24, 2.45) is 5.92 Å². The molecule has 0 aliphatic carbocycles. The Kier molecular flexibility index (Phi) is 5.01. The first-order valence-electron chi connectivity index (χ1n) is 6.48. The average Bonchev–Trinajstić information content (AvgIpc) is 2.83. The Balaban J connectivity index is 2.06. The van der Waals surface area contributed by atoms with E-state index in [9.17, 15) is 12.8 Å². The molecule has 0 amide bonds. The fourth-order valence-corrected chi connectivity index (χ4v) is 4.24. The van der Waals surface area contributed by atoms with E-state index in [1.165, 1.54) is 22.5 Å². The van der Waals surface area contributed by atoms with E-state index in [0.29, 0.717) is 24.6 Å². The molecule has 1 aliphatic heterocycles. The molecule has 0 radical (unpaired) electrons. The Bertz CT molecular complexity index is 580. The number of sulfonamides is 1. The molecule has 1 heterocycles. The highest BCUT2D eigenvalue weighted by atomic mass is 35.5. The lowest BCUT2D eigenvalue weighted by atomic mass is 10.1. The van der Waals surface area contributed by atoms with E-state index in [4.69, 9.17) is 11.6 Å². The van der Waals surface area contributed by atoms with Gasteiger partial charge in [0.05, 0.1) is 10.8 Å². The van der Waals surface area contributed by atoms with Crippen LogP contribution in [-0.4, -0.2) is 39.4 Å². The summed E-state index contributed by atoms with van der Waals surface area (Å²) in [5.74, 6) is -0.325. The molecule has 1 N–H and O–H groups in total. The fraction of sp³-hybridized carbons (Fsp3) is 0.538. The molecule has 1 aromatic carbocycles. The van der Waals surface area contributed by atoms with Crippen LogP contribution in [0.5, 0.6) is 0 Å². The molecule has 7 heteroatoms. The number of halogens is 2. The van der Waals surface area contributed by atoms with Crippen molar-refractivity contribution in [3.05, 3.63) is 34.6 Å². The smallest absolute Gasteiger partial charge is 0.218 e. The second-order valence-corrected chi connectivity index (χ2v) is 7.45. The van der Waals surface area contributed by atoms with E-state index in [1.807, 2.05) is 7.05 Å². The van der Waals surface area contributed by atoms with Gasteiger partial charge in [-0.05, 0) is 43.6 Å². The second-order valence-electron chi connectivity index (χ2n) is 5.08. The molecule has 1 atom stereocenters. The molecule has 0 spiro atoms. The Morgan fingerprint density at radius 2 is 2.25 bits per heavy atom. The van der Waals surface area contributed by atoms with Gasteiger partial charge in [0.15, 0.2) is 0 Å². The Hall–Kier alpha value is -0.690. The third kappa shape index (κ3) is 3.69. The normalized spacial score (nSPS) is 20.4. The summed E-state index contributed by atoms with van der Waals surface area (Å²) in [7, 11) is -1.51. The van der Waals surface area contributed by atoms with Crippen molar-refractivity contribution in [1.82, 2.24) is 9.62 Å². The van der Waals surface area contributed by atoms with Gasteiger partial charge in [0.1, 0.15) is 5.82 Å². The summed E-state index contributed by atoms with van der Waals surface area (Å²) in [6.07, 6.45) is 0.865. The summed E-state index contributed by atoms with van der Waals surface area (Å²) >= 11 is 5.68. The van der Waals surface area contributed by atoms with Crippen LogP contribution in [0.25, 0.3) is 0 Å². The molecule has 1 saturated heterocycles. The summed E-state index contributed by atoms with van der Waals surface area (Å²) < 4.78 is 39.2. The van der Waals surface area contributed by atoms with E-state index in [2.05, 4.69) is 5.32 Å². The third-order valence-corrected chi connectivity index (χ3v) is 5.57. The summed E-state index contributed by atoms with van der Waals surface area (Å²) in [6.45, 7) is 1.90. The first kappa shape index (κ1) is 15.7. The van der Waals surface area contributed by atoms with Crippen LogP contribution in [0.2, 0.25) is 5.02 Å². The molecule has 112 valence electrons. The summed E-state index contributed by atoms with van der Waals surface area (Å²) in [5.41, 5.74) is 0.508. The molecule has 0 bridgehead atoms. The van der Waals surface area contributed by atoms with Crippen molar-refractivity contribution in [2.45, 2.75) is 12.2 Å². The number of hydrogen-bond acceptors (Lipinski definition) is 3. The Morgan fingerprint density at radius 1 is 1.50 bits per heavy atom. The topological polar surface area (TPSA) is 49.4 Å². The zero-order valence-corrected chi connectivity index (χ0v) is 12.8. The quantitative estimate of drug-likeness (QED) is 0.901. The average molecular weight is 321 g/mol. The number of rotatable bonds is 5. The molecular formula is C13H18ClFN2O2S. The van der Waals surface area contributed by atoms with E-state index >= 15 is 0 Å². The van der Waals surface area contributed by atoms with E-state index in [1.54, 1.807) is 0 Å². The predicted molar refractivity (Wildman–Crippen MR) is 77.6 cm³/mol. The summed E-state index contributed by atoms with van der Waals surface area (Å²) in [4.78, 5) is 0. The molecule has 20 heavy (non-hydrogen) atoms. The van der Waals surface area contributed by atoms with Crippen LogP contribution in [0.3, 0.4) is 0 Å². The summed E-state index contributed by atoms with van der Waals surface area (Å²) in [5, 5.41) is 3.02. The first-order chi connectivity index (χ1) is 9.42. The maximum atomic E-state index is 13.1. The lowest BCUT2D eigenvalue weighted by molar-refractivity contribution is 0.450. The second kappa shape index (κ2) is 6.39. The highest BCUT2D eigenvalue weighted by molar-refractivity contribution is 7.88. The van der Waals surface area contributed by atoms with Gasteiger partial charge >= 0.3 is 0 Å². The molecule has 2 rings (SSSR count). The minimum absolute atomic E-state index is 0.0489. The van der Waals surface area contributed by atoms with Crippen LogP contribution in [0.4, 0.5) is 4.39 Å². The number of nitrogens with zero attached hydrogens (tertiary/aromatic N) is 1. The Morgan fingerprint density at radius 3 is 2.90 bits per heavy atom. The van der Waals surface area contributed by atoms with Crippen LogP contribution >= 0.6 is 11.6 Å². The molecule has 0 saturated carbocycles. The fourth-order valence-electron chi connectivity index (χ4n) is 2.44. The van der Waals surface area contributed by atoms with Gasteiger partial charge in [0.2, 0.25) is 10.0 Å². The number of hydrogen-bond donors (Lipinski definition) is 1. The van der Waals surface area contributed by atoms with Gasteiger partial charge in [-0.15, -0.1) is 0 Å². The van der Waals surface area contributed by atoms with Crippen molar-refractivity contribution in [1.29, 1.82) is 0 Å². The zero-order valence-electron chi connectivity index (χ0n) is 11.3. The maximum absolute atomic E-state index is 13.1. The third-order valence-electron chi connectivity index (χ3n) is 3.47. The van der Waals surface area contributed by atoms with Gasteiger partial charge in [-0.1, -0.05) is 17.7 Å². The van der Waals surface area contributed by atoms with Crippen LogP contribution in [0.15, 0.2) is 18.2 Å². The summed E-state index contributed by atoms with van der Waals surface area (Å²) in [6, 6.07) is 4.02. The van der Waals surface area contributed by atoms with Crippen molar-refractivity contribution in [3.63, 3.8) is 0 Å². The van der Waals surface area contributed by atoms with Crippen LogP contribution < -0.4 is 5.32 Å². The lowest BCUT2D eigenvalue weighted by Gasteiger charge is -2.16. The largest absolute Gasteiger partial charge is 0.319 e. The first-order valence-corrected chi connectivity index (χ1v) is 8.47. The van der Waals surface area contributed by atoms with Crippen molar-refractivity contribution in [2.75, 3.05) is 26.7 Å². The van der Waals surface area contributed by atoms with E-state index in [0.717, 1.165) is 13.0 Å². The van der Waals surface area contributed by atoms with Crippen LogP contribution in [0.1, 0.15) is 12.0 Å². The van der Waals surface area contributed by atoms with Gasteiger partial charge in [0, 0.05) is 13.1 Å². The maximum Gasteiger partial charge on any atom is 0.218 e. The molecule has 1 aromatic rings. The molecule has 4 nitrogen and oxygen atoms in total. The SMILES string of the molecule is CNCC1CCN(S(=O)(=O)Cc2ccc(F)c(Cl)c2)C1. The molecule has 1 aliphatic rings. The minimum Gasteiger partial charge on any atom is -0.319 e. The monoisotopic (exact) mass is 320 g/mol. The van der Waals surface area contributed by atoms with Gasteiger partial charge in [-0.25, -0.2) is 17.1 Å². The molecule has 1 unspecified atom stereocenters. The standard InChI is InChI=1S/C13H18ClFN2O2S/c1-16-7-11-4-5-17(8-11)20(18,19)9-10-2-3-13(15)12(14)6-10/h2-3,6,11,16H,4-5,7-9H2,1H3. The number of benzene rings is 1. The van der Waals surface area contributed by atoms with Gasteiger partial charge in [-0.2, -0.15) is 0 Å². The van der Waals surface area contributed by atoms with Gasteiger partial charge < -0.3 is 5.32 Å². The van der Waals surface area contributed by atoms with Crippen LogP contribution in [0, 0.1) is 11.7 Å². The minimum atomic E-state index is -3.37. The van der Waals surface area contributed by atoms with Crippen LogP contribution in [-0.2, 0) is 15.8 Å². The predicted octanol–water partition coefficient (Wildman–Crippen LogP) is 1.85. The Labute approximate surface area is 124 Å².